The summed E-state index contributed by atoms with van der Waals surface area (Å²) in [6, 6.07) is 13.0. The number of carbonyl (C=O) groups excluding carboxylic acids is 1. The van der Waals surface area contributed by atoms with Crippen molar-refractivity contribution in [2.45, 2.75) is 26.5 Å². The van der Waals surface area contributed by atoms with E-state index in [4.69, 9.17) is 16.3 Å². The van der Waals surface area contributed by atoms with Gasteiger partial charge in [-0.15, -0.1) is 0 Å². The first-order chi connectivity index (χ1) is 16.3. The van der Waals surface area contributed by atoms with Crippen molar-refractivity contribution in [2.24, 2.45) is 0 Å². The number of nitrogens with one attached hydrogen (secondary N) is 1. The summed E-state index contributed by atoms with van der Waals surface area (Å²) < 4.78 is 35.3. The third-order valence-corrected chi connectivity index (χ3v) is 5.51. The van der Waals surface area contributed by atoms with Crippen molar-refractivity contribution in [3.63, 3.8) is 0 Å². The summed E-state index contributed by atoms with van der Waals surface area (Å²) in [5, 5.41) is 12.8. The maximum Gasteiger partial charge on any atom is 0.271 e. The fourth-order valence-electron chi connectivity index (χ4n) is 3.60. The molecule has 4 rings (SSSR count). The van der Waals surface area contributed by atoms with Gasteiger partial charge in [0.2, 0.25) is 0 Å². The Balaban J connectivity index is 1.66. The van der Waals surface area contributed by atoms with Crippen molar-refractivity contribution >= 4 is 23.2 Å². The smallest absolute Gasteiger partial charge is 0.271 e. The molecule has 172 valence electrons. The van der Waals surface area contributed by atoms with Gasteiger partial charge >= 0.3 is 0 Å². The van der Waals surface area contributed by atoms with Gasteiger partial charge in [0.15, 0.2) is 11.4 Å². The van der Waals surface area contributed by atoms with Crippen LogP contribution in [-0.4, -0.2) is 15.3 Å². The number of aryl methyl sites for hydroxylation is 2. The van der Waals surface area contributed by atoms with E-state index >= 15 is 0 Å². The number of pyridine rings is 1. The van der Waals surface area contributed by atoms with Gasteiger partial charge in [-0.3, -0.25) is 9.20 Å². The first-order valence-corrected chi connectivity index (χ1v) is 10.7. The molecule has 0 aliphatic heterocycles. The van der Waals surface area contributed by atoms with Crippen LogP contribution in [0.2, 0.25) is 5.02 Å². The fraction of sp³-hybridized carbons (Fsp3) is 0.160. The summed E-state index contributed by atoms with van der Waals surface area (Å²) in [7, 11) is 0. The van der Waals surface area contributed by atoms with Gasteiger partial charge in [-0.2, -0.15) is 5.26 Å². The van der Waals surface area contributed by atoms with E-state index < -0.39 is 23.6 Å². The second-order valence-corrected chi connectivity index (χ2v) is 8.13. The highest BCUT2D eigenvalue weighted by molar-refractivity contribution is 6.30. The highest BCUT2D eigenvalue weighted by atomic mass is 35.5. The molecule has 2 aromatic carbocycles. The molecule has 1 amide bonds. The second kappa shape index (κ2) is 9.49. The summed E-state index contributed by atoms with van der Waals surface area (Å²) >= 11 is 5.91. The zero-order valence-corrected chi connectivity index (χ0v) is 19.0. The van der Waals surface area contributed by atoms with Crippen molar-refractivity contribution in [2.75, 3.05) is 0 Å². The van der Waals surface area contributed by atoms with Crippen molar-refractivity contribution in [3.05, 3.63) is 99.5 Å². The van der Waals surface area contributed by atoms with Gasteiger partial charge in [-0.05, 0) is 55.3 Å². The van der Waals surface area contributed by atoms with E-state index in [9.17, 15) is 18.8 Å². The molecule has 0 radical (unpaired) electrons. The average Bonchev–Trinajstić information content (AvgIpc) is 3.13. The molecule has 2 aromatic heterocycles. The van der Waals surface area contributed by atoms with Crippen molar-refractivity contribution in [1.82, 2.24) is 14.7 Å². The third kappa shape index (κ3) is 4.56. The number of imidazole rings is 1. The van der Waals surface area contributed by atoms with E-state index in [1.54, 1.807) is 54.8 Å². The average molecular weight is 481 g/mol. The molecule has 0 saturated heterocycles. The summed E-state index contributed by atoms with van der Waals surface area (Å²) in [6.07, 6.45) is 1.70. The monoisotopic (exact) mass is 480 g/mol. The number of halogens is 3. The van der Waals surface area contributed by atoms with Gasteiger partial charge in [-0.1, -0.05) is 29.8 Å². The standard InChI is InChI=1S/C25H19ClF2N4O2/c1-14-10-22(34-13-18-19(27)4-3-5-20(18)28)24-30-15(2)23(32(24)12-14)25(33)31-21(11-29)16-6-8-17(26)9-7-16/h3-10,12,21H,13H2,1-2H3,(H,31,33). The molecule has 2 heterocycles. The van der Waals surface area contributed by atoms with Crippen LogP contribution in [0.3, 0.4) is 0 Å². The highest BCUT2D eigenvalue weighted by Crippen LogP contribution is 2.26. The first-order valence-electron chi connectivity index (χ1n) is 10.3. The molecule has 0 bridgehead atoms. The predicted octanol–water partition coefficient (Wildman–Crippen LogP) is 5.46. The Morgan fingerprint density at radius 2 is 1.88 bits per heavy atom. The lowest BCUT2D eigenvalue weighted by molar-refractivity contribution is 0.0938. The van der Waals surface area contributed by atoms with Crippen LogP contribution in [0.25, 0.3) is 5.65 Å². The van der Waals surface area contributed by atoms with E-state index in [1.807, 2.05) is 0 Å². The number of aromatic nitrogens is 2. The second-order valence-electron chi connectivity index (χ2n) is 7.70. The van der Waals surface area contributed by atoms with Crippen LogP contribution >= 0.6 is 11.6 Å². The summed E-state index contributed by atoms with van der Waals surface area (Å²) in [6.45, 7) is 3.10. The fourth-order valence-corrected chi connectivity index (χ4v) is 3.73. The van der Waals surface area contributed by atoms with Crippen LogP contribution in [0.4, 0.5) is 8.78 Å². The minimum atomic E-state index is -0.903. The van der Waals surface area contributed by atoms with Crippen LogP contribution in [0, 0.1) is 36.8 Å². The largest absolute Gasteiger partial charge is 0.485 e. The van der Waals surface area contributed by atoms with Crippen molar-refractivity contribution < 1.29 is 18.3 Å². The zero-order valence-electron chi connectivity index (χ0n) is 18.3. The van der Waals surface area contributed by atoms with E-state index in [0.717, 1.165) is 17.7 Å². The van der Waals surface area contributed by atoms with Gasteiger partial charge in [0.1, 0.15) is 30.0 Å². The Kier molecular flexibility index (Phi) is 6.48. The maximum atomic E-state index is 14.0. The number of nitrogens with zero attached hydrogens (tertiary/aromatic N) is 3. The van der Waals surface area contributed by atoms with Crippen LogP contribution in [0.5, 0.6) is 5.75 Å². The molecule has 4 aromatic rings. The molecule has 0 fully saturated rings. The molecular formula is C25H19ClF2N4O2. The molecule has 1 atom stereocenters. The Bertz CT molecular complexity index is 1410. The van der Waals surface area contributed by atoms with Gasteiger partial charge in [0.25, 0.3) is 5.91 Å². The highest BCUT2D eigenvalue weighted by Gasteiger charge is 2.23. The molecule has 0 saturated carbocycles. The van der Waals surface area contributed by atoms with E-state index in [0.29, 0.717) is 21.9 Å². The quantitative estimate of drug-likeness (QED) is 0.397. The number of hydrogen-bond acceptors (Lipinski definition) is 4. The van der Waals surface area contributed by atoms with Gasteiger partial charge in [-0.25, -0.2) is 13.8 Å². The van der Waals surface area contributed by atoms with Gasteiger partial charge in [0, 0.05) is 11.2 Å². The number of benzene rings is 2. The topological polar surface area (TPSA) is 79.4 Å². The molecule has 1 unspecified atom stereocenters. The molecule has 34 heavy (non-hydrogen) atoms. The van der Waals surface area contributed by atoms with Gasteiger partial charge < -0.3 is 10.1 Å². The predicted molar refractivity (Wildman–Crippen MR) is 123 cm³/mol. The number of hydrogen-bond donors (Lipinski definition) is 1. The number of carbonyl (C=O) groups is 1. The minimum absolute atomic E-state index is 0.205. The number of amides is 1. The Morgan fingerprint density at radius 1 is 1.21 bits per heavy atom. The Labute approximate surface area is 199 Å². The first kappa shape index (κ1) is 23.2. The SMILES string of the molecule is Cc1cc(OCc2c(F)cccc2F)c2nc(C)c(C(=O)NC(C#N)c3ccc(Cl)cc3)n2c1. The lowest BCUT2D eigenvalue weighted by Crippen LogP contribution is -2.29. The molecule has 0 aliphatic carbocycles. The summed E-state index contributed by atoms with van der Waals surface area (Å²) in [5.74, 6) is -1.68. The normalized spacial score (nSPS) is 11.8. The lowest BCUT2D eigenvalue weighted by Gasteiger charge is -2.13. The van der Waals surface area contributed by atoms with Crippen LogP contribution < -0.4 is 10.1 Å². The molecule has 9 heteroatoms. The van der Waals surface area contributed by atoms with E-state index in [-0.39, 0.29) is 23.6 Å². The Morgan fingerprint density at radius 3 is 2.53 bits per heavy atom. The number of fused-ring (bicyclic) bond motifs is 1. The van der Waals surface area contributed by atoms with Crippen molar-refractivity contribution in [3.8, 4) is 11.8 Å². The van der Waals surface area contributed by atoms with Gasteiger partial charge in [0.05, 0.1) is 17.3 Å². The minimum Gasteiger partial charge on any atom is -0.485 e. The van der Waals surface area contributed by atoms with E-state index in [1.165, 1.54) is 6.07 Å². The number of nitriles is 1. The summed E-state index contributed by atoms with van der Waals surface area (Å²) in [5.41, 5.74) is 2.04. The molecule has 1 N–H and O–H groups in total. The molecule has 6 nitrogen and oxygen atoms in total. The van der Waals surface area contributed by atoms with E-state index in [2.05, 4.69) is 16.4 Å². The van der Waals surface area contributed by atoms with Crippen molar-refractivity contribution in [1.29, 1.82) is 5.26 Å². The molecule has 0 spiro atoms. The third-order valence-electron chi connectivity index (χ3n) is 5.25. The number of ether oxygens (including phenoxy) is 1. The van der Waals surface area contributed by atoms with Crippen LogP contribution in [0.1, 0.15) is 38.9 Å². The van der Waals surface area contributed by atoms with Crippen LogP contribution in [-0.2, 0) is 6.61 Å². The maximum absolute atomic E-state index is 14.0. The summed E-state index contributed by atoms with van der Waals surface area (Å²) in [4.78, 5) is 17.6. The Hall–Kier alpha value is -3.96. The van der Waals surface area contributed by atoms with Crippen LogP contribution in [0.15, 0.2) is 54.7 Å². The zero-order chi connectivity index (χ0) is 24.4. The lowest BCUT2D eigenvalue weighted by atomic mass is 10.1. The number of rotatable bonds is 6. The molecule has 0 aliphatic rings. The molecular weight excluding hydrogens is 462 g/mol.